The topological polar surface area (TPSA) is 39.2 Å². The molecule has 1 heterocycles. The van der Waals surface area contributed by atoms with Crippen LogP contribution >= 0.6 is 10.7 Å². The molecule has 1 aromatic heterocycles. The van der Waals surface area contributed by atoms with Gasteiger partial charge < -0.3 is 4.74 Å². The summed E-state index contributed by atoms with van der Waals surface area (Å²) in [4.78, 5) is 3.70. The monoisotopic (exact) mass is 227 g/mol. The molecule has 0 saturated carbocycles. The van der Waals surface area contributed by atoms with E-state index in [-0.39, 0.29) is 10.8 Å². The number of ether oxygens (including phenoxy) is 1. The van der Waals surface area contributed by atoms with Crippen molar-refractivity contribution in [2.24, 2.45) is 0 Å². The van der Waals surface area contributed by atoms with Crippen LogP contribution in [-0.4, -0.2) is 15.8 Å². The summed E-state index contributed by atoms with van der Waals surface area (Å²) >= 11 is 0. The Kier molecular flexibility index (Phi) is 3.56. The quantitative estimate of drug-likeness (QED) is 0.741. The van der Waals surface area contributed by atoms with E-state index < -0.39 is 16.6 Å². The number of hydrogen-bond donors (Lipinski definition) is 0. The molecular formula is C6H4ClF2NO2S. The van der Waals surface area contributed by atoms with Crippen molar-refractivity contribution in [1.82, 2.24) is 4.98 Å². The molecule has 72 valence electrons. The standard InChI is InChI=1S/C6H4ClF2NO2S/c7-13(11)4-1-2-5(10-3-4)12-6(8)9/h1-3,6H. The molecule has 0 aliphatic heterocycles. The molecule has 0 amide bonds. The Labute approximate surface area is 79.6 Å². The second-order valence-electron chi connectivity index (χ2n) is 1.93. The van der Waals surface area contributed by atoms with Gasteiger partial charge in [-0.25, -0.2) is 9.19 Å². The predicted molar refractivity (Wildman–Crippen MR) is 43.1 cm³/mol. The van der Waals surface area contributed by atoms with Crippen molar-refractivity contribution in [2.45, 2.75) is 11.5 Å². The number of hydrogen-bond acceptors (Lipinski definition) is 3. The van der Waals surface area contributed by atoms with E-state index in [9.17, 15) is 13.0 Å². The first-order valence-corrected chi connectivity index (χ1v) is 5.06. The minimum absolute atomic E-state index is 0.235. The molecule has 0 radical (unpaired) electrons. The van der Waals surface area contributed by atoms with Gasteiger partial charge in [0.1, 0.15) is 10.0 Å². The Bertz CT molecular complexity index is 306. The number of alkyl halides is 2. The second kappa shape index (κ2) is 4.48. The maximum atomic E-state index is 11.6. The zero-order chi connectivity index (χ0) is 9.84. The summed E-state index contributed by atoms with van der Waals surface area (Å²) in [6.07, 6.45) is 1.11. The average Bonchev–Trinajstić information content (AvgIpc) is 2.04. The number of rotatable bonds is 3. The molecule has 13 heavy (non-hydrogen) atoms. The smallest absolute Gasteiger partial charge is 0.388 e. The lowest BCUT2D eigenvalue weighted by Gasteiger charge is -2.02. The molecule has 1 rings (SSSR count). The molecule has 0 bridgehead atoms. The van der Waals surface area contributed by atoms with Gasteiger partial charge in [-0.1, -0.05) is 0 Å². The van der Waals surface area contributed by atoms with E-state index in [1.807, 2.05) is 0 Å². The summed E-state index contributed by atoms with van der Waals surface area (Å²) in [6.45, 7) is -2.92. The zero-order valence-corrected chi connectivity index (χ0v) is 7.69. The summed E-state index contributed by atoms with van der Waals surface area (Å²) in [5.41, 5.74) is 0. The lowest BCUT2D eigenvalue weighted by Crippen LogP contribution is -2.03. The van der Waals surface area contributed by atoms with E-state index >= 15 is 0 Å². The van der Waals surface area contributed by atoms with Crippen molar-refractivity contribution in [1.29, 1.82) is 0 Å². The predicted octanol–water partition coefficient (Wildman–Crippen LogP) is 1.94. The molecule has 0 saturated heterocycles. The van der Waals surface area contributed by atoms with Gasteiger partial charge >= 0.3 is 6.61 Å². The highest BCUT2D eigenvalue weighted by Gasteiger charge is 2.06. The van der Waals surface area contributed by atoms with Gasteiger partial charge in [0.05, 0.1) is 4.90 Å². The number of pyridine rings is 1. The third-order valence-corrected chi connectivity index (χ3v) is 2.25. The summed E-state index contributed by atoms with van der Waals surface area (Å²) in [5.74, 6) is -0.235. The number of aromatic nitrogens is 1. The van der Waals surface area contributed by atoms with Gasteiger partial charge in [-0.3, -0.25) is 0 Å². The van der Waals surface area contributed by atoms with Crippen molar-refractivity contribution in [3.8, 4) is 5.88 Å². The fourth-order valence-electron chi connectivity index (χ4n) is 0.623. The van der Waals surface area contributed by atoms with Gasteiger partial charge in [-0.15, -0.1) is 0 Å². The Balaban J connectivity index is 2.75. The fourth-order valence-corrected chi connectivity index (χ4v) is 1.21. The average molecular weight is 228 g/mol. The second-order valence-corrected chi connectivity index (χ2v) is 3.69. The molecule has 0 aliphatic carbocycles. The number of nitrogens with zero attached hydrogens (tertiary/aromatic N) is 1. The Morgan fingerprint density at radius 3 is 2.62 bits per heavy atom. The summed E-state index contributed by atoms with van der Waals surface area (Å²) in [5, 5.41) is 0. The number of halogens is 3. The highest BCUT2D eigenvalue weighted by atomic mass is 35.7. The van der Waals surface area contributed by atoms with Crippen molar-refractivity contribution in [3.63, 3.8) is 0 Å². The molecule has 1 unspecified atom stereocenters. The SMILES string of the molecule is O=S(Cl)c1ccc(OC(F)F)nc1. The van der Waals surface area contributed by atoms with Crippen LogP contribution < -0.4 is 4.74 Å². The van der Waals surface area contributed by atoms with Crippen LogP contribution in [0.3, 0.4) is 0 Å². The van der Waals surface area contributed by atoms with Crippen molar-refractivity contribution < 1.29 is 17.7 Å². The van der Waals surface area contributed by atoms with Crippen LogP contribution in [0, 0.1) is 0 Å². The van der Waals surface area contributed by atoms with Crippen LogP contribution in [0.4, 0.5) is 8.78 Å². The van der Waals surface area contributed by atoms with Gasteiger partial charge in [-0.2, -0.15) is 8.78 Å². The molecule has 0 aromatic carbocycles. The van der Waals surface area contributed by atoms with Crippen LogP contribution in [-0.2, 0) is 10.0 Å². The van der Waals surface area contributed by atoms with Crippen LogP contribution in [0.5, 0.6) is 5.88 Å². The minimum Gasteiger partial charge on any atom is -0.417 e. The molecule has 1 atom stereocenters. The van der Waals surface area contributed by atoms with E-state index in [0.717, 1.165) is 6.20 Å². The van der Waals surface area contributed by atoms with Crippen LogP contribution in [0.1, 0.15) is 0 Å². The normalized spacial score (nSPS) is 12.9. The van der Waals surface area contributed by atoms with Crippen LogP contribution in [0.15, 0.2) is 23.2 Å². The molecular weight excluding hydrogens is 224 g/mol. The molecule has 0 aliphatic rings. The minimum atomic E-state index is -2.92. The first-order valence-electron chi connectivity index (χ1n) is 3.08. The highest BCUT2D eigenvalue weighted by molar-refractivity contribution is 8.08. The van der Waals surface area contributed by atoms with Gasteiger partial charge in [0.2, 0.25) is 5.88 Å². The van der Waals surface area contributed by atoms with Gasteiger partial charge in [0.15, 0.2) is 0 Å². The Morgan fingerprint density at radius 1 is 1.54 bits per heavy atom. The van der Waals surface area contributed by atoms with Gasteiger partial charge in [0, 0.05) is 12.3 Å². The van der Waals surface area contributed by atoms with Gasteiger partial charge in [-0.05, 0) is 16.7 Å². The van der Waals surface area contributed by atoms with Crippen molar-refractivity contribution in [2.75, 3.05) is 0 Å². The first-order chi connectivity index (χ1) is 6.09. The van der Waals surface area contributed by atoms with Gasteiger partial charge in [0.25, 0.3) is 0 Å². The maximum Gasteiger partial charge on any atom is 0.388 e. The summed E-state index contributed by atoms with van der Waals surface area (Å²) in [6, 6.07) is 2.47. The summed E-state index contributed by atoms with van der Waals surface area (Å²) in [7, 11) is 3.52. The van der Waals surface area contributed by atoms with Crippen LogP contribution in [0.2, 0.25) is 0 Å². The third kappa shape index (κ3) is 3.23. The molecule has 1 aromatic rings. The van der Waals surface area contributed by atoms with E-state index in [1.54, 1.807) is 0 Å². The lowest BCUT2D eigenvalue weighted by molar-refractivity contribution is -0.0529. The van der Waals surface area contributed by atoms with Crippen molar-refractivity contribution >= 4 is 20.7 Å². The third-order valence-electron chi connectivity index (χ3n) is 1.10. The highest BCUT2D eigenvalue weighted by Crippen LogP contribution is 2.14. The molecule has 3 nitrogen and oxygen atoms in total. The van der Waals surface area contributed by atoms with E-state index in [4.69, 9.17) is 10.7 Å². The molecule has 0 spiro atoms. The maximum absolute atomic E-state index is 11.6. The summed E-state index contributed by atoms with van der Waals surface area (Å²) < 4.78 is 37.9. The zero-order valence-electron chi connectivity index (χ0n) is 6.12. The molecule has 7 heteroatoms. The Hall–Kier alpha value is -0.750. The van der Waals surface area contributed by atoms with Crippen molar-refractivity contribution in [3.05, 3.63) is 18.3 Å². The van der Waals surface area contributed by atoms with Crippen LogP contribution in [0.25, 0.3) is 0 Å². The first kappa shape index (κ1) is 10.3. The van der Waals surface area contributed by atoms with E-state index in [1.165, 1.54) is 12.1 Å². The lowest BCUT2D eigenvalue weighted by atomic mass is 10.5. The molecule has 0 fully saturated rings. The largest absolute Gasteiger partial charge is 0.417 e. The fraction of sp³-hybridized carbons (Fsp3) is 0.167. The van der Waals surface area contributed by atoms with E-state index in [2.05, 4.69) is 9.72 Å². The Morgan fingerprint density at radius 2 is 2.23 bits per heavy atom. The van der Waals surface area contributed by atoms with E-state index in [0.29, 0.717) is 0 Å². The molecule has 0 N–H and O–H groups in total.